The highest BCUT2D eigenvalue weighted by molar-refractivity contribution is 5.94. The van der Waals surface area contributed by atoms with E-state index in [4.69, 9.17) is 4.52 Å². The molecule has 8 heteroatoms. The molecule has 5 nitrogen and oxygen atoms in total. The SMILES string of the molecule is O=C(c1cccc(C(F)(F)F)c1)N1CCCC1c1nc(C2CC2)no1. The Morgan fingerprint density at radius 1 is 1.24 bits per heavy atom. The number of hydrogen-bond donors (Lipinski definition) is 0. The van der Waals surface area contributed by atoms with E-state index in [1.165, 1.54) is 17.0 Å². The lowest BCUT2D eigenvalue weighted by atomic mass is 10.1. The molecule has 1 saturated heterocycles. The van der Waals surface area contributed by atoms with Crippen LogP contribution in [0.25, 0.3) is 0 Å². The van der Waals surface area contributed by atoms with Gasteiger partial charge in [0.15, 0.2) is 5.82 Å². The molecular weight excluding hydrogens is 335 g/mol. The minimum Gasteiger partial charge on any atom is -0.337 e. The van der Waals surface area contributed by atoms with Crippen molar-refractivity contribution in [1.82, 2.24) is 15.0 Å². The number of halogens is 3. The number of hydrogen-bond acceptors (Lipinski definition) is 4. The Bertz CT molecular complexity index is 798. The van der Waals surface area contributed by atoms with Crippen LogP contribution < -0.4 is 0 Å². The van der Waals surface area contributed by atoms with Gasteiger partial charge in [-0.15, -0.1) is 0 Å². The van der Waals surface area contributed by atoms with Crippen molar-refractivity contribution in [2.75, 3.05) is 6.54 Å². The zero-order valence-electron chi connectivity index (χ0n) is 13.3. The van der Waals surface area contributed by atoms with E-state index in [2.05, 4.69) is 10.1 Å². The minimum absolute atomic E-state index is 0.0173. The molecule has 132 valence electrons. The smallest absolute Gasteiger partial charge is 0.337 e. The van der Waals surface area contributed by atoms with Crippen LogP contribution in [0.5, 0.6) is 0 Å². The summed E-state index contributed by atoms with van der Waals surface area (Å²) in [5, 5.41) is 3.96. The van der Waals surface area contributed by atoms with Crippen LogP contribution >= 0.6 is 0 Å². The number of nitrogens with zero attached hydrogens (tertiary/aromatic N) is 3. The van der Waals surface area contributed by atoms with Crippen LogP contribution in [-0.2, 0) is 6.18 Å². The fourth-order valence-corrected chi connectivity index (χ4v) is 3.15. The zero-order valence-corrected chi connectivity index (χ0v) is 13.3. The van der Waals surface area contributed by atoms with E-state index >= 15 is 0 Å². The summed E-state index contributed by atoms with van der Waals surface area (Å²) in [5.41, 5.74) is -0.813. The van der Waals surface area contributed by atoms with Crippen molar-refractivity contribution < 1.29 is 22.5 Å². The number of alkyl halides is 3. The second-order valence-electron chi connectivity index (χ2n) is 6.50. The first-order chi connectivity index (χ1) is 11.9. The highest BCUT2D eigenvalue weighted by atomic mass is 19.4. The summed E-state index contributed by atoms with van der Waals surface area (Å²) < 4.78 is 43.9. The second-order valence-corrected chi connectivity index (χ2v) is 6.50. The van der Waals surface area contributed by atoms with Crippen LogP contribution in [0.1, 0.15) is 65.3 Å². The molecule has 0 radical (unpaired) electrons. The number of benzene rings is 1. The number of aromatic nitrogens is 2. The largest absolute Gasteiger partial charge is 0.416 e. The second kappa shape index (κ2) is 5.86. The van der Waals surface area contributed by atoms with Gasteiger partial charge in [0.2, 0.25) is 5.89 Å². The lowest BCUT2D eigenvalue weighted by molar-refractivity contribution is -0.137. The number of carbonyl (C=O) groups excluding carboxylic acids is 1. The van der Waals surface area contributed by atoms with E-state index in [-0.39, 0.29) is 11.6 Å². The van der Waals surface area contributed by atoms with E-state index < -0.39 is 17.6 Å². The first kappa shape index (κ1) is 16.1. The van der Waals surface area contributed by atoms with Crippen LogP contribution in [0.15, 0.2) is 28.8 Å². The third-order valence-corrected chi connectivity index (χ3v) is 4.64. The summed E-state index contributed by atoms with van der Waals surface area (Å²) in [4.78, 5) is 18.6. The average Bonchev–Trinajstić information content (AvgIpc) is 3.12. The normalized spacial score (nSPS) is 20.9. The summed E-state index contributed by atoms with van der Waals surface area (Å²) in [6.45, 7) is 0.459. The van der Waals surface area contributed by atoms with E-state index in [1.54, 1.807) is 0 Å². The van der Waals surface area contributed by atoms with Crippen LogP contribution in [-0.4, -0.2) is 27.5 Å². The maximum Gasteiger partial charge on any atom is 0.416 e. The van der Waals surface area contributed by atoms with Gasteiger partial charge in [-0.2, -0.15) is 18.2 Å². The van der Waals surface area contributed by atoms with Crippen molar-refractivity contribution in [2.24, 2.45) is 0 Å². The van der Waals surface area contributed by atoms with Gasteiger partial charge >= 0.3 is 6.18 Å². The van der Waals surface area contributed by atoms with Gasteiger partial charge in [0.25, 0.3) is 5.91 Å². The summed E-state index contributed by atoms with van der Waals surface area (Å²) in [6.07, 6.45) is -0.993. The summed E-state index contributed by atoms with van der Waals surface area (Å²) >= 11 is 0. The average molecular weight is 351 g/mol. The maximum absolute atomic E-state index is 12.9. The molecule has 1 amide bonds. The van der Waals surface area contributed by atoms with Crippen LogP contribution in [0, 0.1) is 0 Å². The number of carbonyl (C=O) groups is 1. The molecule has 2 fully saturated rings. The monoisotopic (exact) mass is 351 g/mol. The molecule has 2 aromatic rings. The summed E-state index contributed by atoms with van der Waals surface area (Å²) in [6, 6.07) is 4.12. The van der Waals surface area contributed by atoms with Crippen molar-refractivity contribution in [3.05, 3.63) is 47.1 Å². The molecule has 1 aromatic heterocycles. The lowest BCUT2D eigenvalue weighted by Crippen LogP contribution is -2.31. The molecule has 0 bridgehead atoms. The zero-order chi connectivity index (χ0) is 17.6. The van der Waals surface area contributed by atoms with Gasteiger partial charge in [-0.05, 0) is 43.9 Å². The van der Waals surface area contributed by atoms with Gasteiger partial charge in [0.05, 0.1) is 5.56 Å². The van der Waals surface area contributed by atoms with Crippen molar-refractivity contribution in [1.29, 1.82) is 0 Å². The summed E-state index contributed by atoms with van der Waals surface area (Å²) in [5.74, 6) is 0.930. The fraction of sp³-hybridized carbons (Fsp3) is 0.471. The molecular formula is C17H16F3N3O2. The molecule has 2 aliphatic rings. The van der Waals surface area contributed by atoms with Crippen molar-refractivity contribution in [2.45, 2.75) is 43.8 Å². The number of likely N-dealkylation sites (tertiary alicyclic amines) is 1. The molecule has 0 N–H and O–H groups in total. The van der Waals surface area contributed by atoms with E-state index in [1.807, 2.05) is 0 Å². The molecule has 1 aromatic carbocycles. The molecule has 1 unspecified atom stereocenters. The van der Waals surface area contributed by atoms with E-state index in [0.717, 1.165) is 31.4 Å². The van der Waals surface area contributed by atoms with Crippen molar-refractivity contribution >= 4 is 5.91 Å². The quantitative estimate of drug-likeness (QED) is 0.840. The van der Waals surface area contributed by atoms with Crippen molar-refractivity contribution in [3.63, 3.8) is 0 Å². The van der Waals surface area contributed by atoms with Gasteiger partial charge < -0.3 is 9.42 Å². The Hall–Kier alpha value is -2.38. The van der Waals surface area contributed by atoms with Crippen LogP contribution in [0.4, 0.5) is 13.2 Å². The van der Waals surface area contributed by atoms with Gasteiger partial charge in [0, 0.05) is 18.0 Å². The maximum atomic E-state index is 12.9. The first-order valence-electron chi connectivity index (χ1n) is 8.25. The van der Waals surface area contributed by atoms with E-state index in [9.17, 15) is 18.0 Å². The standard InChI is InChI=1S/C17H16F3N3O2/c18-17(19,20)12-4-1-3-11(9-12)16(24)23-8-2-5-13(23)15-21-14(22-25-15)10-6-7-10/h1,3-4,9-10,13H,2,5-8H2. The van der Waals surface area contributed by atoms with Crippen LogP contribution in [0.2, 0.25) is 0 Å². The fourth-order valence-electron chi connectivity index (χ4n) is 3.15. The Morgan fingerprint density at radius 3 is 2.76 bits per heavy atom. The Kier molecular flexibility index (Phi) is 3.77. The molecule has 0 spiro atoms. The third-order valence-electron chi connectivity index (χ3n) is 4.64. The predicted octanol–water partition coefficient (Wildman–Crippen LogP) is 3.94. The Balaban J connectivity index is 1.58. The molecule has 2 heterocycles. The molecule has 25 heavy (non-hydrogen) atoms. The Morgan fingerprint density at radius 2 is 2.04 bits per heavy atom. The Labute approximate surface area is 141 Å². The number of amides is 1. The highest BCUT2D eigenvalue weighted by Crippen LogP contribution is 2.40. The van der Waals surface area contributed by atoms with E-state index in [0.29, 0.717) is 30.6 Å². The highest BCUT2D eigenvalue weighted by Gasteiger charge is 2.37. The first-order valence-corrected chi connectivity index (χ1v) is 8.25. The molecule has 1 aliphatic heterocycles. The third kappa shape index (κ3) is 3.12. The van der Waals surface area contributed by atoms with Gasteiger partial charge in [-0.1, -0.05) is 11.2 Å². The van der Waals surface area contributed by atoms with Gasteiger partial charge in [-0.25, -0.2) is 0 Å². The van der Waals surface area contributed by atoms with Gasteiger partial charge in [-0.3, -0.25) is 4.79 Å². The van der Waals surface area contributed by atoms with Gasteiger partial charge in [0.1, 0.15) is 6.04 Å². The molecule has 4 rings (SSSR count). The topological polar surface area (TPSA) is 59.2 Å². The molecule has 1 aliphatic carbocycles. The van der Waals surface area contributed by atoms with Crippen LogP contribution in [0.3, 0.4) is 0 Å². The number of rotatable bonds is 3. The van der Waals surface area contributed by atoms with Crippen molar-refractivity contribution in [3.8, 4) is 0 Å². The lowest BCUT2D eigenvalue weighted by Gasteiger charge is -2.22. The molecule has 1 atom stereocenters. The predicted molar refractivity (Wildman–Crippen MR) is 80.7 cm³/mol. The molecule has 1 saturated carbocycles. The minimum atomic E-state index is -4.48. The summed E-state index contributed by atoms with van der Waals surface area (Å²) in [7, 11) is 0.